The number of aromatic nitrogens is 2. The van der Waals surface area contributed by atoms with Crippen LogP contribution in [0.3, 0.4) is 0 Å². The van der Waals surface area contributed by atoms with E-state index in [4.69, 9.17) is 6.57 Å². The molecule has 0 amide bonds. The summed E-state index contributed by atoms with van der Waals surface area (Å²) in [6.45, 7) is 7.99. The monoisotopic (exact) mass is 635 g/mol. The molecule has 0 bridgehead atoms. The standard InChI is InChI=1S/C45H25N5/c1-48-39-18-9-17-36-34-14-3-7-21-42(34)50(45(36)39)40-19-5-2-13-33(40)31-12-8-11-30(26-31)32-16-10-22-43(38(32)28-47)49-41-20-6-4-15-35(41)37-25-29(27-46)23-24-44(37)49/h2-26H. The van der Waals surface area contributed by atoms with Gasteiger partial charge in [-0.25, -0.2) is 4.85 Å². The number of nitriles is 2. The Balaban J connectivity index is 1.25. The summed E-state index contributed by atoms with van der Waals surface area (Å²) in [5.41, 5.74) is 11.1. The number of nitrogens with zero attached hydrogens (tertiary/aromatic N) is 5. The van der Waals surface area contributed by atoms with Gasteiger partial charge in [0.25, 0.3) is 0 Å². The zero-order valence-electron chi connectivity index (χ0n) is 26.7. The molecule has 5 nitrogen and oxygen atoms in total. The minimum absolute atomic E-state index is 0.564. The van der Waals surface area contributed by atoms with Crippen molar-refractivity contribution in [3.8, 4) is 45.8 Å². The largest absolute Gasteiger partial charge is 0.318 e. The number of para-hydroxylation sites is 4. The van der Waals surface area contributed by atoms with Gasteiger partial charge < -0.3 is 9.13 Å². The van der Waals surface area contributed by atoms with Gasteiger partial charge in [-0.05, 0) is 65.0 Å². The van der Waals surface area contributed by atoms with Crippen molar-refractivity contribution in [3.05, 3.63) is 174 Å². The third-order valence-electron chi connectivity index (χ3n) is 9.62. The molecule has 7 aromatic carbocycles. The van der Waals surface area contributed by atoms with E-state index in [1.165, 1.54) is 0 Å². The highest BCUT2D eigenvalue weighted by molar-refractivity contribution is 6.14. The third kappa shape index (κ3) is 4.24. The fourth-order valence-corrected chi connectivity index (χ4v) is 7.49. The highest BCUT2D eigenvalue weighted by Gasteiger charge is 2.20. The molecule has 9 aromatic rings. The van der Waals surface area contributed by atoms with Crippen molar-refractivity contribution in [2.75, 3.05) is 0 Å². The lowest BCUT2D eigenvalue weighted by Gasteiger charge is -2.16. The van der Waals surface area contributed by atoms with Crippen LogP contribution in [-0.4, -0.2) is 9.13 Å². The first-order chi connectivity index (χ1) is 24.7. The molecule has 0 aliphatic heterocycles. The van der Waals surface area contributed by atoms with Gasteiger partial charge in [0.15, 0.2) is 0 Å². The first kappa shape index (κ1) is 28.8. The van der Waals surface area contributed by atoms with E-state index in [0.717, 1.165) is 77.2 Å². The van der Waals surface area contributed by atoms with Crippen molar-refractivity contribution in [2.24, 2.45) is 0 Å². The van der Waals surface area contributed by atoms with Crippen molar-refractivity contribution in [2.45, 2.75) is 0 Å². The van der Waals surface area contributed by atoms with E-state index in [-0.39, 0.29) is 0 Å². The number of rotatable bonds is 4. The zero-order chi connectivity index (χ0) is 33.8. The summed E-state index contributed by atoms with van der Waals surface area (Å²) in [7, 11) is 0. The molecule has 0 aliphatic carbocycles. The number of hydrogen-bond acceptors (Lipinski definition) is 2. The highest BCUT2D eigenvalue weighted by Crippen LogP contribution is 2.41. The maximum Gasteiger partial charge on any atom is 0.211 e. The van der Waals surface area contributed by atoms with E-state index in [1.54, 1.807) is 0 Å². The lowest BCUT2D eigenvalue weighted by atomic mass is 9.94. The first-order valence-corrected chi connectivity index (χ1v) is 16.3. The van der Waals surface area contributed by atoms with E-state index in [2.05, 4.69) is 86.8 Å². The Bertz CT molecular complexity index is 2970. The number of hydrogen-bond donors (Lipinski definition) is 0. The van der Waals surface area contributed by atoms with E-state index < -0.39 is 0 Å². The Morgan fingerprint density at radius 1 is 0.480 bits per heavy atom. The molecular weight excluding hydrogens is 611 g/mol. The Morgan fingerprint density at radius 2 is 1.08 bits per heavy atom. The Morgan fingerprint density at radius 3 is 1.86 bits per heavy atom. The van der Waals surface area contributed by atoms with Gasteiger partial charge in [-0.3, -0.25) is 0 Å². The summed E-state index contributed by atoms with van der Waals surface area (Å²) in [4.78, 5) is 3.91. The first-order valence-electron chi connectivity index (χ1n) is 16.3. The summed E-state index contributed by atoms with van der Waals surface area (Å²) in [5, 5.41) is 24.5. The predicted molar refractivity (Wildman–Crippen MR) is 202 cm³/mol. The molecule has 0 unspecified atom stereocenters. The molecule has 50 heavy (non-hydrogen) atoms. The lowest BCUT2D eigenvalue weighted by Crippen LogP contribution is -2.00. The van der Waals surface area contributed by atoms with Crippen LogP contribution in [-0.2, 0) is 0 Å². The highest BCUT2D eigenvalue weighted by atomic mass is 15.0. The average Bonchev–Trinajstić information content (AvgIpc) is 3.70. The van der Waals surface area contributed by atoms with Gasteiger partial charge in [-0.15, -0.1) is 0 Å². The van der Waals surface area contributed by atoms with Crippen molar-refractivity contribution in [1.29, 1.82) is 10.5 Å². The van der Waals surface area contributed by atoms with Crippen molar-refractivity contribution in [1.82, 2.24) is 9.13 Å². The summed E-state index contributed by atoms with van der Waals surface area (Å²) in [6, 6.07) is 55.5. The maximum atomic E-state index is 10.8. The molecule has 0 aliphatic rings. The van der Waals surface area contributed by atoms with Crippen molar-refractivity contribution in [3.63, 3.8) is 0 Å². The third-order valence-corrected chi connectivity index (χ3v) is 9.62. The molecule has 0 radical (unpaired) electrons. The van der Waals surface area contributed by atoms with Crippen LogP contribution in [0.5, 0.6) is 0 Å². The molecule has 2 heterocycles. The van der Waals surface area contributed by atoms with E-state index in [0.29, 0.717) is 16.8 Å². The van der Waals surface area contributed by atoms with Crippen LogP contribution < -0.4 is 0 Å². The number of benzene rings is 7. The zero-order valence-corrected chi connectivity index (χ0v) is 26.7. The van der Waals surface area contributed by atoms with Crippen LogP contribution in [0.2, 0.25) is 0 Å². The molecule has 0 saturated heterocycles. The SMILES string of the molecule is [C-]#[N+]c1cccc2c3ccccc3n(-c3ccccc3-c3cccc(-c4cccc(-n5c6ccccc6c6cc(C#N)ccc65)c4C#N)c3)c12. The van der Waals surface area contributed by atoms with Crippen molar-refractivity contribution >= 4 is 49.3 Å². The summed E-state index contributed by atoms with van der Waals surface area (Å²) < 4.78 is 4.34. The Kier molecular flexibility index (Phi) is 6.56. The van der Waals surface area contributed by atoms with Crippen molar-refractivity contribution < 1.29 is 0 Å². The molecule has 9 rings (SSSR count). The minimum Gasteiger partial charge on any atom is -0.318 e. The molecule has 2 aromatic heterocycles. The van der Waals surface area contributed by atoms with Crippen LogP contribution in [0.25, 0.3) is 82.1 Å². The maximum absolute atomic E-state index is 10.8. The molecule has 0 N–H and O–H groups in total. The van der Waals surface area contributed by atoms with Gasteiger partial charge in [0, 0.05) is 27.3 Å². The summed E-state index contributed by atoms with van der Waals surface area (Å²) >= 11 is 0. The Labute approximate surface area is 288 Å². The van der Waals surface area contributed by atoms with Crippen LogP contribution in [0.1, 0.15) is 11.1 Å². The second-order valence-electron chi connectivity index (χ2n) is 12.2. The topological polar surface area (TPSA) is 61.8 Å². The van der Waals surface area contributed by atoms with Gasteiger partial charge in [-0.2, -0.15) is 10.5 Å². The van der Waals surface area contributed by atoms with Crippen LogP contribution in [0.4, 0.5) is 5.69 Å². The molecule has 0 spiro atoms. The van der Waals surface area contributed by atoms with E-state index in [9.17, 15) is 10.5 Å². The fourth-order valence-electron chi connectivity index (χ4n) is 7.49. The second-order valence-corrected chi connectivity index (χ2v) is 12.2. The number of fused-ring (bicyclic) bond motifs is 6. The quantitative estimate of drug-likeness (QED) is 0.181. The molecular formula is C45H25N5. The lowest BCUT2D eigenvalue weighted by molar-refractivity contribution is 1.17. The van der Waals surface area contributed by atoms with Gasteiger partial charge in [0.2, 0.25) is 5.69 Å². The molecule has 5 heteroatoms. The van der Waals surface area contributed by atoms with Gasteiger partial charge in [0.1, 0.15) is 6.07 Å². The predicted octanol–water partition coefficient (Wildman–Crippen LogP) is 11.5. The van der Waals surface area contributed by atoms with Crippen LogP contribution in [0.15, 0.2) is 152 Å². The normalized spacial score (nSPS) is 11.1. The van der Waals surface area contributed by atoms with E-state index >= 15 is 0 Å². The average molecular weight is 636 g/mol. The summed E-state index contributed by atoms with van der Waals surface area (Å²) in [5.74, 6) is 0. The van der Waals surface area contributed by atoms with Gasteiger partial charge in [0.05, 0.1) is 57.2 Å². The Hall–Kier alpha value is -7.39. The smallest absolute Gasteiger partial charge is 0.211 e. The molecule has 0 fully saturated rings. The second kappa shape index (κ2) is 11.4. The minimum atomic E-state index is 0.564. The van der Waals surface area contributed by atoms with Crippen LogP contribution in [0, 0.1) is 29.2 Å². The van der Waals surface area contributed by atoms with E-state index in [1.807, 2.05) is 91.0 Å². The van der Waals surface area contributed by atoms with Gasteiger partial charge in [-0.1, -0.05) is 103 Å². The summed E-state index contributed by atoms with van der Waals surface area (Å²) in [6.07, 6.45) is 0. The fraction of sp³-hybridized carbons (Fsp3) is 0. The van der Waals surface area contributed by atoms with Gasteiger partial charge >= 0.3 is 0 Å². The molecule has 0 atom stereocenters. The molecule has 230 valence electrons. The van der Waals surface area contributed by atoms with Crippen LogP contribution >= 0.6 is 0 Å². The molecule has 0 saturated carbocycles.